The van der Waals surface area contributed by atoms with E-state index < -0.39 is 0 Å². The number of para-hydroxylation sites is 1. The second kappa shape index (κ2) is 8.11. The van der Waals surface area contributed by atoms with E-state index in [1.807, 2.05) is 60.9 Å². The summed E-state index contributed by atoms with van der Waals surface area (Å²) in [6, 6.07) is 21.5. The predicted octanol–water partition coefficient (Wildman–Crippen LogP) is 0.933. The standard InChI is InChI=1S/C22H19N2O.BrH/c25-22(17-7-2-1-3-8-17)19-9-6-13-24(16-19)14-12-18-15-23-21-11-5-4-10-20(18)21;/h1-11,13,15-16,23H,12,14H2;1H/q+1;/p-1. The van der Waals surface area contributed by atoms with E-state index in [-0.39, 0.29) is 22.8 Å². The third kappa shape index (κ3) is 3.75. The molecular weight excluding hydrogens is 388 g/mol. The molecule has 0 atom stereocenters. The Kier molecular flexibility index (Phi) is 5.64. The zero-order chi connectivity index (χ0) is 17.1. The number of rotatable bonds is 5. The zero-order valence-electron chi connectivity index (χ0n) is 14.2. The average molecular weight is 407 g/mol. The minimum absolute atomic E-state index is 0. The SMILES string of the molecule is O=C(c1ccccc1)c1ccc[n+](CCc2c[nH]c3ccccc23)c1.[Br-]. The van der Waals surface area contributed by atoms with Crippen molar-refractivity contribution in [2.45, 2.75) is 13.0 Å². The van der Waals surface area contributed by atoms with Crippen molar-refractivity contribution in [1.29, 1.82) is 0 Å². The molecule has 0 saturated heterocycles. The second-order valence-corrected chi connectivity index (χ2v) is 6.14. The predicted molar refractivity (Wildman–Crippen MR) is 98.5 cm³/mol. The largest absolute Gasteiger partial charge is 1.00 e. The molecule has 4 heteroatoms. The summed E-state index contributed by atoms with van der Waals surface area (Å²) in [7, 11) is 0. The summed E-state index contributed by atoms with van der Waals surface area (Å²) in [5, 5.41) is 1.26. The van der Waals surface area contributed by atoms with E-state index >= 15 is 0 Å². The van der Waals surface area contributed by atoms with E-state index in [0.717, 1.165) is 24.0 Å². The molecule has 0 aliphatic carbocycles. The first-order chi connectivity index (χ1) is 12.3. The summed E-state index contributed by atoms with van der Waals surface area (Å²) in [6.07, 6.45) is 6.93. The maximum atomic E-state index is 12.6. The van der Waals surface area contributed by atoms with Crippen LogP contribution < -0.4 is 21.5 Å². The van der Waals surface area contributed by atoms with Crippen molar-refractivity contribution in [2.24, 2.45) is 0 Å². The summed E-state index contributed by atoms with van der Waals surface area (Å²) < 4.78 is 2.08. The molecule has 0 bridgehead atoms. The molecule has 0 unspecified atom stereocenters. The van der Waals surface area contributed by atoms with Crippen LogP contribution >= 0.6 is 0 Å². The van der Waals surface area contributed by atoms with Gasteiger partial charge in [-0.2, -0.15) is 0 Å². The van der Waals surface area contributed by atoms with Crippen molar-refractivity contribution in [3.63, 3.8) is 0 Å². The Balaban J connectivity index is 0.00000196. The van der Waals surface area contributed by atoms with Crippen molar-refractivity contribution >= 4 is 16.7 Å². The Morgan fingerprint density at radius 3 is 2.46 bits per heavy atom. The van der Waals surface area contributed by atoms with Gasteiger partial charge < -0.3 is 22.0 Å². The normalized spacial score (nSPS) is 10.5. The Morgan fingerprint density at radius 1 is 0.885 bits per heavy atom. The number of H-pyrrole nitrogens is 1. The van der Waals surface area contributed by atoms with Gasteiger partial charge in [0.25, 0.3) is 0 Å². The van der Waals surface area contributed by atoms with Crippen LogP contribution in [0.1, 0.15) is 21.5 Å². The first-order valence-electron chi connectivity index (χ1n) is 8.45. The minimum Gasteiger partial charge on any atom is -1.00 e. The number of aromatic nitrogens is 2. The highest BCUT2D eigenvalue weighted by molar-refractivity contribution is 6.08. The van der Waals surface area contributed by atoms with Crippen LogP contribution in [0.25, 0.3) is 10.9 Å². The van der Waals surface area contributed by atoms with Crippen LogP contribution in [-0.4, -0.2) is 10.8 Å². The van der Waals surface area contributed by atoms with Crippen LogP contribution in [0, 0.1) is 0 Å². The quantitative estimate of drug-likeness (QED) is 0.388. The number of carbonyl (C=O) groups is 1. The molecule has 0 aliphatic rings. The fourth-order valence-corrected chi connectivity index (χ4v) is 3.14. The number of aryl methyl sites for hydroxylation is 2. The number of hydrogen-bond acceptors (Lipinski definition) is 1. The van der Waals surface area contributed by atoms with Crippen LogP contribution in [0.5, 0.6) is 0 Å². The molecule has 3 nitrogen and oxygen atoms in total. The van der Waals surface area contributed by atoms with Gasteiger partial charge in [0.05, 0.1) is 5.56 Å². The molecule has 4 rings (SSSR count). The topological polar surface area (TPSA) is 36.7 Å². The van der Waals surface area contributed by atoms with Gasteiger partial charge in [0.1, 0.15) is 0 Å². The van der Waals surface area contributed by atoms with E-state index in [1.54, 1.807) is 0 Å². The molecule has 2 aromatic heterocycles. The summed E-state index contributed by atoms with van der Waals surface area (Å²) in [5.41, 5.74) is 3.89. The first kappa shape index (κ1) is 18.1. The summed E-state index contributed by atoms with van der Waals surface area (Å²) in [4.78, 5) is 15.9. The highest BCUT2D eigenvalue weighted by Crippen LogP contribution is 2.18. The first-order valence-corrected chi connectivity index (χ1v) is 8.45. The Bertz CT molecular complexity index is 1020. The third-order valence-electron chi connectivity index (χ3n) is 4.47. The van der Waals surface area contributed by atoms with Gasteiger partial charge in [-0.15, -0.1) is 0 Å². The van der Waals surface area contributed by atoms with Gasteiger partial charge in [-0.3, -0.25) is 4.79 Å². The number of pyridine rings is 1. The van der Waals surface area contributed by atoms with Crippen molar-refractivity contribution in [2.75, 3.05) is 0 Å². The fraction of sp³-hybridized carbons (Fsp3) is 0.0909. The molecule has 0 spiro atoms. The minimum atomic E-state index is 0. The fourth-order valence-electron chi connectivity index (χ4n) is 3.14. The lowest BCUT2D eigenvalue weighted by Crippen LogP contribution is -3.00. The zero-order valence-corrected chi connectivity index (χ0v) is 15.8. The number of carbonyl (C=O) groups excluding carboxylic acids is 1. The lowest BCUT2D eigenvalue weighted by molar-refractivity contribution is -0.696. The van der Waals surface area contributed by atoms with Gasteiger partial charge in [-0.25, -0.2) is 4.57 Å². The molecule has 0 saturated carbocycles. The van der Waals surface area contributed by atoms with Gasteiger partial charge in [-0.05, 0) is 17.7 Å². The lowest BCUT2D eigenvalue weighted by Gasteiger charge is -2.01. The molecule has 0 aliphatic heterocycles. The van der Waals surface area contributed by atoms with E-state index in [4.69, 9.17) is 0 Å². The van der Waals surface area contributed by atoms with Gasteiger partial charge in [0, 0.05) is 35.2 Å². The number of hydrogen-bond donors (Lipinski definition) is 1. The number of halogens is 1. The number of nitrogens with one attached hydrogen (secondary N) is 1. The van der Waals surface area contributed by atoms with Crippen LogP contribution in [0.15, 0.2) is 85.3 Å². The van der Waals surface area contributed by atoms with Crippen molar-refractivity contribution < 1.29 is 26.3 Å². The molecule has 2 heterocycles. The van der Waals surface area contributed by atoms with Crippen molar-refractivity contribution in [1.82, 2.24) is 4.98 Å². The molecule has 4 aromatic rings. The number of benzene rings is 2. The van der Waals surface area contributed by atoms with E-state index in [9.17, 15) is 4.79 Å². The second-order valence-electron chi connectivity index (χ2n) is 6.14. The number of fused-ring (bicyclic) bond motifs is 1. The molecule has 26 heavy (non-hydrogen) atoms. The third-order valence-corrected chi connectivity index (χ3v) is 4.47. The smallest absolute Gasteiger partial charge is 0.199 e. The van der Waals surface area contributed by atoms with Crippen LogP contribution in [0.2, 0.25) is 0 Å². The highest BCUT2D eigenvalue weighted by atomic mass is 79.9. The molecular formula is C22H19BrN2O. The van der Waals surface area contributed by atoms with E-state index in [0.29, 0.717) is 5.56 Å². The molecule has 2 aromatic carbocycles. The Morgan fingerprint density at radius 2 is 1.62 bits per heavy atom. The van der Waals surface area contributed by atoms with Crippen molar-refractivity contribution in [3.05, 3.63) is 102 Å². The average Bonchev–Trinajstić information content (AvgIpc) is 3.10. The van der Waals surface area contributed by atoms with Crippen LogP contribution in [0.3, 0.4) is 0 Å². The van der Waals surface area contributed by atoms with Crippen LogP contribution in [0.4, 0.5) is 0 Å². The van der Waals surface area contributed by atoms with Crippen LogP contribution in [-0.2, 0) is 13.0 Å². The van der Waals surface area contributed by atoms with E-state index in [1.165, 1.54) is 10.9 Å². The number of nitrogens with zero attached hydrogens (tertiary/aromatic N) is 1. The van der Waals surface area contributed by atoms with Crippen molar-refractivity contribution in [3.8, 4) is 0 Å². The monoisotopic (exact) mass is 406 g/mol. The molecule has 0 fully saturated rings. The van der Waals surface area contributed by atoms with E-state index in [2.05, 4.69) is 33.9 Å². The summed E-state index contributed by atoms with van der Waals surface area (Å²) in [5.74, 6) is 0.0574. The number of ketones is 1. The summed E-state index contributed by atoms with van der Waals surface area (Å²) >= 11 is 0. The molecule has 130 valence electrons. The van der Waals surface area contributed by atoms with Gasteiger partial charge in [0.15, 0.2) is 24.7 Å². The Labute approximate surface area is 163 Å². The molecule has 0 amide bonds. The van der Waals surface area contributed by atoms with Gasteiger partial charge in [-0.1, -0.05) is 48.5 Å². The highest BCUT2D eigenvalue weighted by Gasteiger charge is 2.13. The van der Waals surface area contributed by atoms with Gasteiger partial charge in [0.2, 0.25) is 0 Å². The maximum absolute atomic E-state index is 12.6. The lowest BCUT2D eigenvalue weighted by atomic mass is 10.1. The molecule has 1 N–H and O–H groups in total. The van der Waals surface area contributed by atoms with Gasteiger partial charge >= 0.3 is 0 Å². The number of aromatic amines is 1. The maximum Gasteiger partial charge on any atom is 0.199 e. The molecule has 0 radical (unpaired) electrons. The Hall–Kier alpha value is -2.72. The summed E-state index contributed by atoms with van der Waals surface area (Å²) in [6.45, 7) is 0.831.